The second-order valence-electron chi connectivity index (χ2n) is 2.92. The summed E-state index contributed by atoms with van der Waals surface area (Å²) >= 11 is 7.52. The van der Waals surface area contributed by atoms with Crippen LogP contribution in [0.4, 0.5) is 0 Å². The van der Waals surface area contributed by atoms with Crippen LogP contribution in [0, 0.1) is 0 Å². The molecule has 2 rings (SSSR count). The van der Waals surface area contributed by atoms with E-state index in [4.69, 9.17) is 0 Å². The van der Waals surface area contributed by atoms with Gasteiger partial charge in [0.2, 0.25) is 0 Å². The van der Waals surface area contributed by atoms with Crippen LogP contribution >= 0.6 is 46.2 Å². The van der Waals surface area contributed by atoms with Crippen LogP contribution in [0.15, 0.2) is 37.4 Å². The summed E-state index contributed by atoms with van der Waals surface area (Å²) < 4.78 is 1.41. The third-order valence-electron chi connectivity index (χ3n) is 1.87. The third kappa shape index (κ3) is 3.28. The molecule has 0 aliphatic carbocycles. The third-order valence-corrected chi connectivity index (χ3v) is 5.97. The highest BCUT2D eigenvalue weighted by Gasteiger charge is 2.04. The SMILES string of the molecule is CCSc1cscc1CSc1cccs1. The number of thioether (sulfide) groups is 2. The lowest BCUT2D eigenvalue weighted by Gasteiger charge is -2.00. The van der Waals surface area contributed by atoms with E-state index in [9.17, 15) is 0 Å². The topological polar surface area (TPSA) is 0 Å². The minimum Gasteiger partial charge on any atom is -0.151 e. The lowest BCUT2D eigenvalue weighted by molar-refractivity contribution is 1.32. The van der Waals surface area contributed by atoms with Gasteiger partial charge in [-0.2, -0.15) is 11.3 Å². The van der Waals surface area contributed by atoms with Gasteiger partial charge in [0.05, 0.1) is 4.21 Å². The van der Waals surface area contributed by atoms with Gasteiger partial charge in [-0.15, -0.1) is 34.9 Å². The van der Waals surface area contributed by atoms with Crippen LogP contribution in [-0.4, -0.2) is 5.75 Å². The van der Waals surface area contributed by atoms with Gasteiger partial charge in [0.25, 0.3) is 0 Å². The molecule has 0 aliphatic heterocycles. The molecular formula is C11H12S4. The zero-order chi connectivity index (χ0) is 10.5. The molecule has 0 spiro atoms. The van der Waals surface area contributed by atoms with Gasteiger partial charge >= 0.3 is 0 Å². The number of hydrogen-bond donors (Lipinski definition) is 0. The fourth-order valence-corrected chi connectivity index (χ4v) is 5.02. The lowest BCUT2D eigenvalue weighted by atomic mass is 10.4. The maximum atomic E-state index is 2.28. The molecule has 0 atom stereocenters. The first kappa shape index (κ1) is 11.6. The molecule has 0 fully saturated rings. The van der Waals surface area contributed by atoms with Crippen molar-refractivity contribution in [2.45, 2.75) is 21.8 Å². The maximum Gasteiger partial charge on any atom is 0.0601 e. The van der Waals surface area contributed by atoms with E-state index in [2.05, 4.69) is 35.2 Å². The Hall–Kier alpha value is 0.1000. The van der Waals surface area contributed by atoms with E-state index in [0.29, 0.717) is 0 Å². The number of hydrogen-bond acceptors (Lipinski definition) is 4. The molecule has 0 bridgehead atoms. The van der Waals surface area contributed by atoms with E-state index in [1.54, 1.807) is 0 Å². The van der Waals surface area contributed by atoms with Crippen LogP contribution in [0.1, 0.15) is 12.5 Å². The van der Waals surface area contributed by atoms with Gasteiger partial charge < -0.3 is 0 Å². The average molecular weight is 272 g/mol. The predicted octanol–water partition coefficient (Wildman–Crippen LogP) is 5.21. The summed E-state index contributed by atoms with van der Waals surface area (Å²) in [4.78, 5) is 1.46. The molecule has 80 valence electrons. The Morgan fingerprint density at radius 3 is 2.93 bits per heavy atom. The maximum absolute atomic E-state index is 2.28. The Morgan fingerprint density at radius 2 is 2.20 bits per heavy atom. The molecule has 0 radical (unpaired) electrons. The fraction of sp³-hybridized carbons (Fsp3) is 0.273. The summed E-state index contributed by atoms with van der Waals surface area (Å²) in [5, 5.41) is 6.68. The van der Waals surface area contributed by atoms with E-state index < -0.39 is 0 Å². The highest BCUT2D eigenvalue weighted by atomic mass is 32.2. The molecule has 0 aromatic carbocycles. The molecule has 2 heterocycles. The zero-order valence-corrected chi connectivity index (χ0v) is 11.7. The van der Waals surface area contributed by atoms with Crippen LogP contribution < -0.4 is 0 Å². The lowest BCUT2D eigenvalue weighted by Crippen LogP contribution is -1.79. The fourth-order valence-electron chi connectivity index (χ4n) is 1.19. The van der Waals surface area contributed by atoms with Gasteiger partial charge in [0.15, 0.2) is 0 Å². The van der Waals surface area contributed by atoms with Gasteiger partial charge in [0.1, 0.15) is 0 Å². The van der Waals surface area contributed by atoms with Crippen LogP contribution in [-0.2, 0) is 5.75 Å². The van der Waals surface area contributed by atoms with Crippen LogP contribution in [0.25, 0.3) is 0 Å². The highest BCUT2D eigenvalue weighted by molar-refractivity contribution is 8.00. The Kier molecular flexibility index (Phi) is 4.62. The van der Waals surface area contributed by atoms with Gasteiger partial charge in [-0.3, -0.25) is 0 Å². The largest absolute Gasteiger partial charge is 0.151 e. The smallest absolute Gasteiger partial charge is 0.0601 e. The normalized spacial score (nSPS) is 10.7. The second-order valence-corrected chi connectivity index (χ2v) is 7.19. The standard InChI is InChI=1S/C11H12S4/c1-2-13-10-8-12-6-9(10)7-15-11-4-3-5-14-11/h3-6,8H,2,7H2,1H3. The van der Waals surface area contributed by atoms with Crippen molar-refractivity contribution in [3.8, 4) is 0 Å². The summed E-state index contributed by atoms with van der Waals surface area (Å²) in [6.07, 6.45) is 0. The molecule has 4 heteroatoms. The number of thiophene rings is 2. The zero-order valence-electron chi connectivity index (χ0n) is 8.43. The summed E-state index contributed by atoms with van der Waals surface area (Å²) in [6, 6.07) is 4.30. The van der Waals surface area contributed by atoms with E-state index in [1.165, 1.54) is 14.7 Å². The van der Waals surface area contributed by atoms with Crippen LogP contribution in [0.2, 0.25) is 0 Å². The first-order valence-electron chi connectivity index (χ1n) is 4.74. The Labute approximate surface area is 107 Å². The van der Waals surface area contributed by atoms with E-state index in [-0.39, 0.29) is 0 Å². The van der Waals surface area contributed by atoms with Crippen molar-refractivity contribution >= 4 is 46.2 Å². The van der Waals surface area contributed by atoms with Crippen molar-refractivity contribution in [3.05, 3.63) is 33.8 Å². The quantitative estimate of drug-likeness (QED) is 0.685. The molecule has 0 aliphatic rings. The molecule has 0 saturated carbocycles. The Morgan fingerprint density at radius 1 is 1.27 bits per heavy atom. The van der Waals surface area contributed by atoms with Crippen LogP contribution in [0.3, 0.4) is 0 Å². The molecular weight excluding hydrogens is 260 g/mol. The van der Waals surface area contributed by atoms with Crippen molar-refractivity contribution in [2.24, 2.45) is 0 Å². The summed E-state index contributed by atoms with van der Waals surface area (Å²) in [5.74, 6) is 2.26. The van der Waals surface area contributed by atoms with Gasteiger partial charge in [-0.05, 0) is 28.1 Å². The summed E-state index contributed by atoms with van der Waals surface area (Å²) in [6.45, 7) is 2.21. The van der Waals surface area contributed by atoms with Gasteiger partial charge in [0, 0.05) is 16.0 Å². The van der Waals surface area contributed by atoms with Crippen molar-refractivity contribution in [1.29, 1.82) is 0 Å². The van der Waals surface area contributed by atoms with Gasteiger partial charge in [-0.25, -0.2) is 0 Å². The molecule has 0 nitrogen and oxygen atoms in total. The highest BCUT2D eigenvalue weighted by Crippen LogP contribution is 2.33. The molecule has 2 aromatic heterocycles. The Bertz CT molecular complexity index is 388. The first-order valence-corrected chi connectivity index (χ1v) is 8.53. The second kappa shape index (κ2) is 5.99. The molecule has 0 unspecified atom stereocenters. The van der Waals surface area contributed by atoms with Crippen molar-refractivity contribution in [2.75, 3.05) is 5.75 Å². The molecule has 0 amide bonds. The van der Waals surface area contributed by atoms with Crippen LogP contribution in [0.5, 0.6) is 0 Å². The minimum absolute atomic E-state index is 1.10. The summed E-state index contributed by atoms with van der Waals surface area (Å²) in [5.41, 5.74) is 1.49. The van der Waals surface area contributed by atoms with E-state index in [0.717, 1.165) is 11.5 Å². The molecule has 15 heavy (non-hydrogen) atoms. The van der Waals surface area contributed by atoms with E-state index >= 15 is 0 Å². The van der Waals surface area contributed by atoms with Crippen molar-refractivity contribution in [3.63, 3.8) is 0 Å². The first-order chi connectivity index (χ1) is 7.40. The van der Waals surface area contributed by atoms with E-state index in [1.807, 2.05) is 46.2 Å². The average Bonchev–Trinajstić information content (AvgIpc) is 2.85. The molecule has 0 saturated heterocycles. The predicted molar refractivity (Wildman–Crippen MR) is 74.6 cm³/mol. The van der Waals surface area contributed by atoms with Crippen molar-refractivity contribution < 1.29 is 0 Å². The molecule has 0 N–H and O–H groups in total. The van der Waals surface area contributed by atoms with Crippen molar-refractivity contribution in [1.82, 2.24) is 0 Å². The van der Waals surface area contributed by atoms with Gasteiger partial charge in [-0.1, -0.05) is 13.0 Å². The minimum atomic E-state index is 1.10. The number of rotatable bonds is 5. The monoisotopic (exact) mass is 272 g/mol. The summed E-state index contributed by atoms with van der Waals surface area (Å²) in [7, 11) is 0. The molecule has 2 aromatic rings. The Balaban J connectivity index is 1.95.